The molecule has 0 N–H and O–H groups in total. The Bertz CT molecular complexity index is 704. The molecule has 0 aromatic heterocycles. The third kappa shape index (κ3) is 3.32. The van der Waals surface area contributed by atoms with Gasteiger partial charge in [0.15, 0.2) is 0 Å². The van der Waals surface area contributed by atoms with E-state index in [2.05, 4.69) is 4.90 Å². The molecular weight excluding hydrogens is 351 g/mol. The number of alkyl halides is 1. The molecule has 3 aliphatic rings. The molecular formula is C21H29ClFN2O+. The van der Waals surface area contributed by atoms with E-state index in [0.29, 0.717) is 34.0 Å². The Kier molecular flexibility index (Phi) is 4.65. The van der Waals surface area contributed by atoms with E-state index in [9.17, 15) is 4.79 Å². The summed E-state index contributed by atoms with van der Waals surface area (Å²) in [7, 11) is 3.95. The molecule has 142 valence electrons. The largest absolute Gasteiger partial charge is 0.316 e. The van der Waals surface area contributed by atoms with Gasteiger partial charge in [0.05, 0.1) is 26.1 Å². The van der Waals surface area contributed by atoms with Crippen LogP contribution in [-0.2, 0) is 17.0 Å². The number of amides is 1. The summed E-state index contributed by atoms with van der Waals surface area (Å²) in [5.41, 5.74) is 0.299. The van der Waals surface area contributed by atoms with Gasteiger partial charge in [-0.3, -0.25) is 9.38 Å². The van der Waals surface area contributed by atoms with Crippen molar-refractivity contribution in [2.24, 2.45) is 5.92 Å². The second-order valence-electron chi connectivity index (χ2n) is 8.97. The third-order valence-electron chi connectivity index (χ3n) is 6.68. The molecule has 4 rings (SSSR count). The van der Waals surface area contributed by atoms with Crippen molar-refractivity contribution in [3.05, 3.63) is 34.3 Å². The predicted molar refractivity (Wildman–Crippen MR) is 102 cm³/mol. The smallest absolute Gasteiger partial charge is 0.299 e. The van der Waals surface area contributed by atoms with E-state index in [1.807, 2.05) is 26.2 Å². The highest BCUT2D eigenvalue weighted by atomic mass is 35.5. The summed E-state index contributed by atoms with van der Waals surface area (Å²) in [6.45, 7) is 3.07. The SMILES string of the molecule is C[N+](C)(C(=O)[C@H]1C[C@@](F)(c2ccc(CN3CCCC3)c(Cl)c2)C1)C1CC1. The van der Waals surface area contributed by atoms with Crippen molar-refractivity contribution in [1.82, 2.24) is 4.90 Å². The molecule has 0 spiro atoms. The Balaban J connectivity index is 1.41. The number of quaternary nitrogens is 1. The summed E-state index contributed by atoms with van der Waals surface area (Å²) < 4.78 is 15.8. The van der Waals surface area contributed by atoms with Gasteiger partial charge in [0.2, 0.25) is 0 Å². The molecule has 1 amide bonds. The monoisotopic (exact) mass is 379 g/mol. The van der Waals surface area contributed by atoms with Crippen molar-refractivity contribution < 1.29 is 13.7 Å². The van der Waals surface area contributed by atoms with Gasteiger partial charge >= 0.3 is 5.91 Å². The Morgan fingerprint density at radius 2 is 1.92 bits per heavy atom. The summed E-state index contributed by atoms with van der Waals surface area (Å²) in [6.07, 6.45) is 5.30. The number of rotatable bonds is 5. The standard InChI is InChI=1S/C21H29ClFN2O/c1-25(2,18-7-8-18)20(26)16-12-21(23,13-16)17-6-5-15(19(22)11-17)14-24-9-3-4-10-24/h5-6,11,16,18H,3-4,7-10,12-14H2,1-2H3/q+1/t16-,21-. The molecule has 1 aliphatic heterocycles. The summed E-state index contributed by atoms with van der Waals surface area (Å²) in [5.74, 6) is 0.0242. The maximum atomic E-state index is 15.3. The van der Waals surface area contributed by atoms with Crippen molar-refractivity contribution >= 4 is 17.5 Å². The van der Waals surface area contributed by atoms with Gasteiger partial charge in [-0.15, -0.1) is 0 Å². The number of likely N-dealkylation sites (tertiary alicyclic amines) is 1. The van der Waals surface area contributed by atoms with Crippen LogP contribution in [0.15, 0.2) is 18.2 Å². The molecule has 1 aromatic rings. The first-order chi connectivity index (χ1) is 12.3. The highest BCUT2D eigenvalue weighted by Crippen LogP contribution is 2.51. The molecule has 0 atom stereocenters. The molecule has 5 heteroatoms. The van der Waals surface area contributed by atoms with Crippen molar-refractivity contribution in [2.75, 3.05) is 27.2 Å². The third-order valence-corrected chi connectivity index (χ3v) is 7.03. The zero-order valence-corrected chi connectivity index (χ0v) is 16.6. The lowest BCUT2D eigenvalue weighted by atomic mass is 9.68. The van der Waals surface area contributed by atoms with Crippen molar-refractivity contribution in [1.29, 1.82) is 0 Å². The van der Waals surface area contributed by atoms with Gasteiger partial charge in [-0.05, 0) is 43.1 Å². The molecule has 1 saturated heterocycles. The first-order valence-electron chi connectivity index (χ1n) is 9.88. The van der Waals surface area contributed by atoms with Crippen molar-refractivity contribution in [3.8, 4) is 0 Å². The van der Waals surface area contributed by atoms with Crippen LogP contribution in [0.4, 0.5) is 4.39 Å². The van der Waals surface area contributed by atoms with Crippen LogP contribution in [0.1, 0.15) is 49.7 Å². The lowest BCUT2D eigenvalue weighted by Crippen LogP contribution is -2.55. The minimum Gasteiger partial charge on any atom is -0.299 e. The minimum absolute atomic E-state index is 0.168. The van der Waals surface area contributed by atoms with Crippen LogP contribution in [0, 0.1) is 5.92 Å². The van der Waals surface area contributed by atoms with Gasteiger partial charge in [0.1, 0.15) is 5.67 Å². The topological polar surface area (TPSA) is 20.3 Å². The minimum atomic E-state index is -1.40. The lowest BCUT2D eigenvalue weighted by molar-refractivity contribution is -0.827. The fourth-order valence-electron chi connectivity index (χ4n) is 4.64. The summed E-state index contributed by atoms with van der Waals surface area (Å²) in [5, 5.41) is 0.648. The molecule has 0 radical (unpaired) electrons. The van der Waals surface area contributed by atoms with E-state index in [4.69, 9.17) is 11.6 Å². The molecule has 2 saturated carbocycles. The van der Waals surface area contributed by atoms with Gasteiger partial charge in [-0.1, -0.05) is 23.7 Å². The van der Waals surface area contributed by atoms with Crippen LogP contribution in [-0.4, -0.2) is 48.5 Å². The fourth-order valence-corrected chi connectivity index (χ4v) is 4.88. The number of hydrogen-bond donors (Lipinski definition) is 0. The number of hydrogen-bond acceptors (Lipinski definition) is 2. The highest BCUT2D eigenvalue weighted by molar-refractivity contribution is 6.31. The van der Waals surface area contributed by atoms with Crippen LogP contribution in [0.25, 0.3) is 0 Å². The van der Waals surface area contributed by atoms with Crippen LogP contribution in [0.5, 0.6) is 0 Å². The van der Waals surface area contributed by atoms with Crippen LogP contribution in [0.2, 0.25) is 5.02 Å². The fraction of sp³-hybridized carbons (Fsp3) is 0.667. The Morgan fingerprint density at radius 1 is 1.27 bits per heavy atom. The number of carbonyl (C=O) groups is 1. The molecule has 3 nitrogen and oxygen atoms in total. The van der Waals surface area contributed by atoms with Gasteiger partial charge in [-0.2, -0.15) is 0 Å². The first-order valence-corrected chi connectivity index (χ1v) is 10.3. The summed E-state index contributed by atoms with van der Waals surface area (Å²) in [4.78, 5) is 15.1. The summed E-state index contributed by atoms with van der Waals surface area (Å²) >= 11 is 6.45. The average Bonchev–Trinajstić information content (AvgIpc) is 3.32. The maximum absolute atomic E-state index is 15.3. The number of halogens is 2. The average molecular weight is 380 g/mol. The number of carbonyl (C=O) groups excluding carboxylic acids is 1. The van der Waals surface area contributed by atoms with Gasteiger partial charge in [0.25, 0.3) is 0 Å². The number of benzene rings is 1. The van der Waals surface area contributed by atoms with Crippen molar-refractivity contribution in [2.45, 2.75) is 56.8 Å². The molecule has 3 fully saturated rings. The van der Waals surface area contributed by atoms with Crippen LogP contribution >= 0.6 is 11.6 Å². The zero-order valence-electron chi connectivity index (χ0n) is 15.8. The van der Waals surface area contributed by atoms with Gasteiger partial charge in [-0.25, -0.2) is 9.18 Å². The zero-order chi connectivity index (χ0) is 18.5. The van der Waals surface area contributed by atoms with Crippen molar-refractivity contribution in [3.63, 3.8) is 0 Å². The van der Waals surface area contributed by atoms with Crippen LogP contribution < -0.4 is 0 Å². The Labute approximate surface area is 160 Å². The normalized spacial score (nSPS) is 29.6. The predicted octanol–water partition coefficient (Wildman–Crippen LogP) is 4.28. The van der Waals surface area contributed by atoms with E-state index < -0.39 is 5.67 Å². The Morgan fingerprint density at radius 3 is 2.50 bits per heavy atom. The van der Waals surface area contributed by atoms with E-state index in [0.717, 1.165) is 38.0 Å². The summed E-state index contributed by atoms with van der Waals surface area (Å²) in [6, 6.07) is 6.07. The van der Waals surface area contributed by atoms with E-state index in [-0.39, 0.29) is 11.8 Å². The second kappa shape index (κ2) is 6.57. The molecule has 0 unspecified atom stereocenters. The van der Waals surface area contributed by atoms with E-state index in [1.54, 1.807) is 6.07 Å². The quantitative estimate of drug-likeness (QED) is 0.712. The van der Waals surface area contributed by atoms with Gasteiger partial charge in [0, 0.05) is 37.3 Å². The number of nitrogens with zero attached hydrogens (tertiary/aromatic N) is 2. The Hall–Kier alpha value is -0.970. The molecule has 26 heavy (non-hydrogen) atoms. The van der Waals surface area contributed by atoms with E-state index in [1.165, 1.54) is 12.8 Å². The first kappa shape index (κ1) is 18.4. The highest BCUT2D eigenvalue weighted by Gasteiger charge is 2.56. The van der Waals surface area contributed by atoms with E-state index >= 15 is 4.39 Å². The maximum Gasteiger partial charge on any atom is 0.316 e. The second-order valence-corrected chi connectivity index (χ2v) is 9.38. The molecule has 2 aliphatic carbocycles. The molecule has 1 aromatic carbocycles. The molecule has 0 bridgehead atoms. The molecule has 1 heterocycles. The van der Waals surface area contributed by atoms with Gasteiger partial charge < -0.3 is 0 Å². The lowest BCUT2D eigenvalue weighted by Gasteiger charge is -2.43. The van der Waals surface area contributed by atoms with Crippen LogP contribution in [0.3, 0.4) is 0 Å².